The van der Waals surface area contributed by atoms with E-state index < -0.39 is 0 Å². The molecule has 3 atom stereocenters. The topological polar surface area (TPSA) is 24.5 Å². The number of likely N-dealkylation sites (N-methyl/N-ethyl adjacent to an activating group) is 1. The van der Waals surface area contributed by atoms with Crippen LogP contribution in [0.2, 0.25) is 0 Å². The van der Waals surface area contributed by atoms with Crippen LogP contribution >= 0.6 is 0 Å². The number of rotatable bonds is 4. The predicted octanol–water partition coefficient (Wildman–Crippen LogP) is 1.34. The van der Waals surface area contributed by atoms with Gasteiger partial charge in [-0.2, -0.15) is 0 Å². The molecule has 0 aromatic rings. The van der Waals surface area contributed by atoms with Crippen molar-refractivity contribution in [1.82, 2.24) is 10.2 Å². The predicted molar refractivity (Wildman–Crippen MR) is 64.1 cm³/mol. The summed E-state index contributed by atoms with van der Waals surface area (Å²) in [4.78, 5) is 2.54. The highest BCUT2D eigenvalue weighted by molar-refractivity contribution is 4.81. The third-order valence-corrected chi connectivity index (χ3v) is 3.34. The van der Waals surface area contributed by atoms with Crippen LogP contribution in [-0.2, 0) is 4.74 Å². The van der Waals surface area contributed by atoms with Gasteiger partial charge in [0.05, 0.1) is 12.7 Å². The fraction of sp³-hybridized carbons (Fsp3) is 1.00. The van der Waals surface area contributed by atoms with Crippen LogP contribution in [0.4, 0.5) is 0 Å². The van der Waals surface area contributed by atoms with Crippen molar-refractivity contribution in [3.8, 4) is 0 Å². The maximum absolute atomic E-state index is 5.63. The van der Waals surface area contributed by atoms with E-state index in [1.165, 1.54) is 0 Å². The van der Waals surface area contributed by atoms with Crippen molar-refractivity contribution in [3.05, 3.63) is 0 Å². The molecule has 1 heterocycles. The Bertz CT molecular complexity index is 184. The minimum Gasteiger partial charge on any atom is -0.376 e. The summed E-state index contributed by atoms with van der Waals surface area (Å²) >= 11 is 0. The zero-order valence-electron chi connectivity index (χ0n) is 10.8. The van der Waals surface area contributed by atoms with Crippen molar-refractivity contribution in [2.75, 3.05) is 26.7 Å². The monoisotopic (exact) mass is 214 g/mol. The van der Waals surface area contributed by atoms with E-state index in [2.05, 4.69) is 45.0 Å². The van der Waals surface area contributed by atoms with E-state index in [0.29, 0.717) is 24.1 Å². The van der Waals surface area contributed by atoms with E-state index in [1.807, 2.05) is 0 Å². The van der Waals surface area contributed by atoms with Gasteiger partial charge in [0.2, 0.25) is 0 Å². The molecule has 1 aliphatic rings. The highest BCUT2D eigenvalue weighted by Crippen LogP contribution is 2.13. The normalized spacial score (nSPS) is 30.8. The van der Waals surface area contributed by atoms with Gasteiger partial charge < -0.3 is 10.1 Å². The molecule has 1 rings (SSSR count). The molecular formula is C12H26N2O. The molecule has 1 fully saturated rings. The van der Waals surface area contributed by atoms with E-state index in [1.54, 1.807) is 0 Å². The molecule has 0 aromatic heterocycles. The molecule has 0 saturated carbocycles. The minimum absolute atomic E-state index is 0.380. The lowest BCUT2D eigenvalue weighted by Gasteiger charge is -2.39. The fourth-order valence-electron chi connectivity index (χ4n) is 2.11. The van der Waals surface area contributed by atoms with Crippen molar-refractivity contribution in [2.45, 2.75) is 45.9 Å². The second kappa shape index (κ2) is 5.83. The second-order valence-electron chi connectivity index (χ2n) is 5.09. The summed E-state index contributed by atoms with van der Waals surface area (Å²) in [5, 5.41) is 3.40. The van der Waals surface area contributed by atoms with Gasteiger partial charge >= 0.3 is 0 Å². The summed E-state index contributed by atoms with van der Waals surface area (Å²) in [7, 11) is 2.05. The van der Waals surface area contributed by atoms with Crippen LogP contribution in [0.5, 0.6) is 0 Å². The Hall–Kier alpha value is -0.120. The molecule has 3 unspecified atom stereocenters. The first kappa shape index (κ1) is 12.9. The fourth-order valence-corrected chi connectivity index (χ4v) is 2.11. The third-order valence-electron chi connectivity index (χ3n) is 3.34. The zero-order valence-corrected chi connectivity index (χ0v) is 10.8. The van der Waals surface area contributed by atoms with Crippen LogP contribution in [0.3, 0.4) is 0 Å². The van der Waals surface area contributed by atoms with Crippen LogP contribution < -0.4 is 5.32 Å². The van der Waals surface area contributed by atoms with Crippen LogP contribution in [0.25, 0.3) is 0 Å². The molecule has 0 amide bonds. The maximum Gasteiger partial charge on any atom is 0.0674 e. The molecule has 1 saturated heterocycles. The Balaban J connectivity index is 2.47. The molecule has 90 valence electrons. The van der Waals surface area contributed by atoms with E-state index in [9.17, 15) is 0 Å². The van der Waals surface area contributed by atoms with Gasteiger partial charge in [-0.05, 0) is 26.8 Å². The van der Waals surface area contributed by atoms with E-state index in [4.69, 9.17) is 4.74 Å². The highest BCUT2D eigenvalue weighted by atomic mass is 16.5. The number of ether oxygens (including phenoxy) is 1. The lowest BCUT2D eigenvalue weighted by Crippen LogP contribution is -2.52. The average Bonchev–Trinajstić information content (AvgIpc) is 2.18. The van der Waals surface area contributed by atoms with Gasteiger partial charge in [0.15, 0.2) is 0 Å². The number of morpholine rings is 1. The highest BCUT2D eigenvalue weighted by Gasteiger charge is 2.26. The lowest BCUT2D eigenvalue weighted by molar-refractivity contribution is -0.0532. The van der Waals surface area contributed by atoms with Gasteiger partial charge in [0, 0.05) is 25.2 Å². The molecule has 0 spiro atoms. The zero-order chi connectivity index (χ0) is 11.4. The number of nitrogens with one attached hydrogen (secondary N) is 1. The number of hydrogen-bond donors (Lipinski definition) is 1. The molecule has 15 heavy (non-hydrogen) atoms. The first-order chi connectivity index (χ1) is 7.04. The Labute approximate surface area is 94.2 Å². The van der Waals surface area contributed by atoms with Crippen LogP contribution in [0, 0.1) is 5.92 Å². The van der Waals surface area contributed by atoms with Crippen LogP contribution in [0.1, 0.15) is 27.7 Å². The molecule has 3 heteroatoms. The molecule has 0 aliphatic carbocycles. The number of hydrogen-bond acceptors (Lipinski definition) is 3. The lowest BCUT2D eigenvalue weighted by atomic mass is 10.0. The summed E-state index contributed by atoms with van der Waals surface area (Å²) in [6.07, 6.45) is 0.380. The summed E-state index contributed by atoms with van der Waals surface area (Å²) in [5.41, 5.74) is 0. The standard InChI is InChI=1S/C12H26N2O/c1-9(2)12(13-5)7-14-6-11(4)15-8-10(14)3/h9-13H,6-8H2,1-5H3. The van der Waals surface area contributed by atoms with Gasteiger partial charge in [-0.25, -0.2) is 0 Å². The molecule has 1 N–H and O–H groups in total. The van der Waals surface area contributed by atoms with Crippen molar-refractivity contribution < 1.29 is 4.74 Å². The molecule has 3 nitrogen and oxygen atoms in total. The smallest absolute Gasteiger partial charge is 0.0674 e. The van der Waals surface area contributed by atoms with E-state index in [0.717, 1.165) is 19.7 Å². The van der Waals surface area contributed by atoms with Crippen LogP contribution in [-0.4, -0.2) is 49.8 Å². The molecule has 0 bridgehead atoms. The van der Waals surface area contributed by atoms with Gasteiger partial charge in [-0.15, -0.1) is 0 Å². The summed E-state index contributed by atoms with van der Waals surface area (Å²) < 4.78 is 5.63. The molecule has 0 radical (unpaired) electrons. The van der Waals surface area contributed by atoms with E-state index in [-0.39, 0.29) is 0 Å². The SMILES string of the molecule is CNC(CN1CC(C)OCC1C)C(C)C. The van der Waals surface area contributed by atoms with Crippen LogP contribution in [0.15, 0.2) is 0 Å². The summed E-state index contributed by atoms with van der Waals surface area (Å²) in [6, 6.07) is 1.13. The molecular weight excluding hydrogens is 188 g/mol. The van der Waals surface area contributed by atoms with Gasteiger partial charge in [0.1, 0.15) is 0 Å². The third kappa shape index (κ3) is 3.74. The van der Waals surface area contributed by atoms with Crippen molar-refractivity contribution in [1.29, 1.82) is 0 Å². The van der Waals surface area contributed by atoms with Gasteiger partial charge in [-0.3, -0.25) is 4.90 Å². The molecule has 0 aromatic carbocycles. The summed E-state index contributed by atoms with van der Waals surface area (Å²) in [6.45, 7) is 12.0. The minimum atomic E-state index is 0.380. The first-order valence-corrected chi connectivity index (χ1v) is 6.07. The largest absolute Gasteiger partial charge is 0.376 e. The average molecular weight is 214 g/mol. The van der Waals surface area contributed by atoms with Crippen molar-refractivity contribution >= 4 is 0 Å². The summed E-state index contributed by atoms with van der Waals surface area (Å²) in [5.74, 6) is 0.681. The Morgan fingerprint density at radius 3 is 2.60 bits per heavy atom. The Morgan fingerprint density at radius 1 is 1.40 bits per heavy atom. The number of nitrogens with zero attached hydrogens (tertiary/aromatic N) is 1. The molecule has 1 aliphatic heterocycles. The quantitative estimate of drug-likeness (QED) is 0.764. The van der Waals surface area contributed by atoms with Crippen molar-refractivity contribution in [3.63, 3.8) is 0 Å². The Morgan fingerprint density at radius 2 is 2.07 bits per heavy atom. The first-order valence-electron chi connectivity index (χ1n) is 6.07. The van der Waals surface area contributed by atoms with Crippen molar-refractivity contribution in [2.24, 2.45) is 5.92 Å². The second-order valence-corrected chi connectivity index (χ2v) is 5.09. The Kier molecular flexibility index (Phi) is 5.03. The van der Waals surface area contributed by atoms with Gasteiger partial charge in [0.25, 0.3) is 0 Å². The van der Waals surface area contributed by atoms with E-state index >= 15 is 0 Å². The van der Waals surface area contributed by atoms with Gasteiger partial charge in [-0.1, -0.05) is 13.8 Å². The maximum atomic E-state index is 5.63.